The van der Waals surface area contributed by atoms with Crippen LogP contribution in [0.4, 0.5) is 0 Å². The molecule has 1 heterocycles. The van der Waals surface area contributed by atoms with Crippen LogP contribution in [-0.4, -0.2) is 52.5 Å². The molecule has 1 fully saturated rings. The molecule has 118 valence electrons. The number of hydrogen-bond acceptors (Lipinski definition) is 4. The molecule has 0 aliphatic carbocycles. The van der Waals surface area contributed by atoms with E-state index in [1.54, 1.807) is 7.11 Å². The average Bonchev–Trinajstić information content (AvgIpc) is 2.92. The maximum absolute atomic E-state index is 12.3. The van der Waals surface area contributed by atoms with Crippen LogP contribution in [0.3, 0.4) is 0 Å². The molecular weight excluding hydrogens is 256 g/mol. The number of carbonyl (C=O) groups excluding carboxylic acids is 1. The van der Waals surface area contributed by atoms with Crippen molar-refractivity contribution in [3.05, 3.63) is 0 Å². The van der Waals surface area contributed by atoms with E-state index < -0.39 is 0 Å². The van der Waals surface area contributed by atoms with Gasteiger partial charge in [0.05, 0.1) is 18.6 Å². The number of amides is 1. The van der Waals surface area contributed by atoms with Crippen molar-refractivity contribution in [2.45, 2.75) is 39.0 Å². The van der Waals surface area contributed by atoms with Gasteiger partial charge in [-0.1, -0.05) is 13.3 Å². The number of rotatable bonds is 11. The van der Waals surface area contributed by atoms with E-state index in [1.165, 1.54) is 0 Å². The monoisotopic (exact) mass is 286 g/mol. The molecule has 5 nitrogen and oxygen atoms in total. The van der Waals surface area contributed by atoms with Crippen LogP contribution < -0.4 is 10.6 Å². The normalized spacial score (nSPS) is 22.1. The van der Waals surface area contributed by atoms with Crippen LogP contribution in [0.1, 0.15) is 39.0 Å². The van der Waals surface area contributed by atoms with Crippen LogP contribution in [0.15, 0.2) is 0 Å². The predicted molar refractivity (Wildman–Crippen MR) is 79.8 cm³/mol. The van der Waals surface area contributed by atoms with E-state index in [-0.39, 0.29) is 11.3 Å². The Labute approximate surface area is 122 Å². The highest BCUT2D eigenvalue weighted by Crippen LogP contribution is 2.31. The third kappa shape index (κ3) is 5.77. The lowest BCUT2D eigenvalue weighted by molar-refractivity contribution is -0.130. The van der Waals surface area contributed by atoms with Gasteiger partial charge in [0.25, 0.3) is 0 Å². The average molecular weight is 286 g/mol. The van der Waals surface area contributed by atoms with Crippen molar-refractivity contribution < 1.29 is 14.3 Å². The molecule has 1 rings (SSSR count). The van der Waals surface area contributed by atoms with Crippen molar-refractivity contribution in [2.75, 3.05) is 46.6 Å². The van der Waals surface area contributed by atoms with Gasteiger partial charge in [0, 0.05) is 26.8 Å². The van der Waals surface area contributed by atoms with Gasteiger partial charge in [-0.25, -0.2) is 0 Å². The number of methoxy groups -OCH3 is 1. The quantitative estimate of drug-likeness (QED) is 0.563. The Bertz CT molecular complexity index is 266. The zero-order chi connectivity index (χ0) is 14.7. The lowest BCUT2D eigenvalue weighted by atomic mass is 9.81. The molecule has 0 saturated carbocycles. The number of hydrogen-bond donors (Lipinski definition) is 2. The van der Waals surface area contributed by atoms with Crippen molar-refractivity contribution in [3.8, 4) is 0 Å². The minimum Gasteiger partial charge on any atom is -0.382 e. The van der Waals surface area contributed by atoms with E-state index in [1.807, 2.05) is 0 Å². The van der Waals surface area contributed by atoms with Gasteiger partial charge >= 0.3 is 0 Å². The van der Waals surface area contributed by atoms with Crippen LogP contribution in [-0.2, 0) is 14.3 Å². The third-order valence-corrected chi connectivity index (χ3v) is 3.89. The summed E-state index contributed by atoms with van der Waals surface area (Å²) >= 11 is 0. The first-order valence-corrected chi connectivity index (χ1v) is 7.81. The van der Waals surface area contributed by atoms with Gasteiger partial charge in [-0.05, 0) is 32.2 Å². The maximum Gasteiger partial charge on any atom is 0.227 e. The second-order valence-corrected chi connectivity index (χ2v) is 5.53. The van der Waals surface area contributed by atoms with Gasteiger partial charge in [0.15, 0.2) is 0 Å². The standard InChI is InChI=1S/C15H30N2O3/c1-3-6-15(7-9-16-13-15)14(18)17-8-4-5-10-20-12-11-19-2/h16H,3-13H2,1-2H3,(H,17,18). The number of nitrogens with one attached hydrogen (secondary N) is 2. The highest BCUT2D eigenvalue weighted by molar-refractivity contribution is 5.83. The van der Waals surface area contributed by atoms with Crippen molar-refractivity contribution >= 4 is 5.91 Å². The Morgan fingerprint density at radius 2 is 2.15 bits per heavy atom. The molecule has 1 amide bonds. The molecule has 1 atom stereocenters. The SMILES string of the molecule is CCCC1(C(=O)NCCCCOCCOC)CCNC1. The van der Waals surface area contributed by atoms with E-state index in [9.17, 15) is 4.79 Å². The Hall–Kier alpha value is -0.650. The molecule has 0 radical (unpaired) electrons. The Balaban J connectivity index is 2.09. The van der Waals surface area contributed by atoms with Crippen LogP contribution in [0, 0.1) is 5.41 Å². The summed E-state index contributed by atoms with van der Waals surface area (Å²) in [5.74, 6) is 0.227. The van der Waals surface area contributed by atoms with E-state index in [4.69, 9.17) is 9.47 Å². The number of carbonyl (C=O) groups is 1. The predicted octanol–water partition coefficient (Wildman–Crippen LogP) is 1.33. The number of unbranched alkanes of at least 4 members (excludes halogenated alkanes) is 1. The fraction of sp³-hybridized carbons (Fsp3) is 0.933. The highest BCUT2D eigenvalue weighted by atomic mass is 16.5. The summed E-state index contributed by atoms with van der Waals surface area (Å²) in [5.41, 5.74) is -0.163. The summed E-state index contributed by atoms with van der Waals surface area (Å²) in [6, 6.07) is 0. The molecule has 1 saturated heterocycles. The van der Waals surface area contributed by atoms with Gasteiger partial charge in [-0.2, -0.15) is 0 Å². The first-order valence-electron chi connectivity index (χ1n) is 7.81. The van der Waals surface area contributed by atoms with E-state index in [0.29, 0.717) is 13.2 Å². The van der Waals surface area contributed by atoms with Crippen LogP contribution in [0.25, 0.3) is 0 Å². The highest BCUT2D eigenvalue weighted by Gasteiger charge is 2.39. The Morgan fingerprint density at radius 3 is 2.80 bits per heavy atom. The van der Waals surface area contributed by atoms with Crippen LogP contribution >= 0.6 is 0 Å². The van der Waals surface area contributed by atoms with E-state index in [0.717, 1.165) is 58.3 Å². The van der Waals surface area contributed by atoms with Gasteiger partial charge in [-0.15, -0.1) is 0 Å². The zero-order valence-electron chi connectivity index (χ0n) is 13.0. The summed E-state index contributed by atoms with van der Waals surface area (Å²) in [7, 11) is 1.67. The van der Waals surface area contributed by atoms with Gasteiger partial charge in [0.2, 0.25) is 5.91 Å². The van der Waals surface area contributed by atoms with Gasteiger partial charge < -0.3 is 20.1 Å². The topological polar surface area (TPSA) is 59.6 Å². The third-order valence-electron chi connectivity index (χ3n) is 3.89. The van der Waals surface area contributed by atoms with Crippen molar-refractivity contribution in [1.29, 1.82) is 0 Å². The molecule has 0 spiro atoms. The molecule has 2 N–H and O–H groups in total. The molecule has 0 bridgehead atoms. The lowest BCUT2D eigenvalue weighted by Gasteiger charge is -2.26. The summed E-state index contributed by atoms with van der Waals surface area (Å²) in [6.45, 7) is 6.70. The van der Waals surface area contributed by atoms with E-state index in [2.05, 4.69) is 17.6 Å². The molecular formula is C15H30N2O3. The Kier molecular flexibility index (Phi) is 8.82. The Morgan fingerprint density at radius 1 is 1.30 bits per heavy atom. The van der Waals surface area contributed by atoms with Crippen molar-refractivity contribution in [3.63, 3.8) is 0 Å². The van der Waals surface area contributed by atoms with Gasteiger partial charge in [0.1, 0.15) is 0 Å². The minimum absolute atomic E-state index is 0.163. The molecule has 20 heavy (non-hydrogen) atoms. The molecule has 5 heteroatoms. The van der Waals surface area contributed by atoms with Crippen molar-refractivity contribution in [1.82, 2.24) is 10.6 Å². The fourth-order valence-electron chi connectivity index (χ4n) is 2.71. The maximum atomic E-state index is 12.3. The molecule has 1 aliphatic rings. The smallest absolute Gasteiger partial charge is 0.227 e. The molecule has 1 unspecified atom stereocenters. The molecule has 0 aromatic heterocycles. The summed E-state index contributed by atoms with van der Waals surface area (Å²) < 4.78 is 10.3. The van der Waals surface area contributed by atoms with Crippen LogP contribution in [0.5, 0.6) is 0 Å². The van der Waals surface area contributed by atoms with Gasteiger partial charge in [-0.3, -0.25) is 4.79 Å². The second-order valence-electron chi connectivity index (χ2n) is 5.53. The minimum atomic E-state index is -0.163. The molecule has 0 aromatic rings. The summed E-state index contributed by atoms with van der Waals surface area (Å²) in [4.78, 5) is 12.3. The largest absolute Gasteiger partial charge is 0.382 e. The lowest BCUT2D eigenvalue weighted by Crippen LogP contribution is -2.42. The first kappa shape index (κ1) is 17.4. The summed E-state index contributed by atoms with van der Waals surface area (Å²) in [5, 5.41) is 6.41. The fourth-order valence-corrected chi connectivity index (χ4v) is 2.71. The first-order chi connectivity index (χ1) is 9.75. The number of ether oxygens (including phenoxy) is 2. The second kappa shape index (κ2) is 10.1. The molecule has 1 aliphatic heterocycles. The summed E-state index contributed by atoms with van der Waals surface area (Å²) in [6.07, 6.45) is 4.94. The zero-order valence-corrected chi connectivity index (χ0v) is 13.0. The van der Waals surface area contributed by atoms with Crippen LogP contribution in [0.2, 0.25) is 0 Å². The van der Waals surface area contributed by atoms with E-state index >= 15 is 0 Å². The molecule has 0 aromatic carbocycles. The van der Waals surface area contributed by atoms with Crippen molar-refractivity contribution in [2.24, 2.45) is 5.41 Å².